The van der Waals surface area contributed by atoms with Crippen LogP contribution in [0.3, 0.4) is 0 Å². The molecule has 0 radical (unpaired) electrons. The predicted molar refractivity (Wildman–Crippen MR) is 97.4 cm³/mol. The fourth-order valence-electron chi connectivity index (χ4n) is 3.26. The first kappa shape index (κ1) is 18.2. The number of halogens is 3. The Bertz CT molecular complexity index is 931. The maximum absolute atomic E-state index is 13.5. The largest absolute Gasteiger partial charge is 0.422 e. The molecule has 0 atom stereocenters. The zero-order valence-corrected chi connectivity index (χ0v) is 15.3. The molecule has 0 N–H and O–H groups in total. The summed E-state index contributed by atoms with van der Waals surface area (Å²) in [4.78, 5) is 0. The van der Waals surface area contributed by atoms with Gasteiger partial charge >= 0.3 is 6.18 Å². The molecular formula is C22H21F3N+. The van der Waals surface area contributed by atoms with Crippen molar-refractivity contribution in [3.8, 4) is 16.8 Å². The van der Waals surface area contributed by atoms with E-state index < -0.39 is 11.7 Å². The first-order valence-corrected chi connectivity index (χ1v) is 8.45. The van der Waals surface area contributed by atoms with Gasteiger partial charge in [0.25, 0.3) is 0 Å². The van der Waals surface area contributed by atoms with Crippen molar-refractivity contribution in [2.24, 2.45) is 0 Å². The second kappa shape index (κ2) is 6.60. The molecule has 3 rings (SSSR count). The molecule has 0 aliphatic rings. The monoisotopic (exact) mass is 356 g/mol. The van der Waals surface area contributed by atoms with Gasteiger partial charge in [0.05, 0.1) is 0 Å². The predicted octanol–water partition coefficient (Wildman–Crippen LogP) is 5.88. The van der Waals surface area contributed by atoms with E-state index in [0.717, 1.165) is 22.5 Å². The Morgan fingerprint density at radius 2 is 1.19 bits per heavy atom. The van der Waals surface area contributed by atoms with E-state index in [0.29, 0.717) is 5.56 Å². The second-order valence-corrected chi connectivity index (χ2v) is 6.75. The van der Waals surface area contributed by atoms with Crippen molar-refractivity contribution in [3.05, 3.63) is 82.7 Å². The number of pyridine rings is 1. The van der Waals surface area contributed by atoms with E-state index in [1.54, 1.807) is 23.6 Å². The van der Waals surface area contributed by atoms with Gasteiger partial charge in [-0.1, -0.05) is 41.5 Å². The number of benzene rings is 2. The summed E-state index contributed by atoms with van der Waals surface area (Å²) < 4.78 is 42.3. The third-order valence-corrected chi connectivity index (χ3v) is 4.52. The third kappa shape index (κ3) is 3.50. The van der Waals surface area contributed by atoms with E-state index in [1.807, 2.05) is 57.2 Å². The van der Waals surface area contributed by atoms with Crippen molar-refractivity contribution in [1.29, 1.82) is 0 Å². The fraction of sp³-hybridized carbons (Fsp3) is 0.227. The van der Waals surface area contributed by atoms with Crippen LogP contribution in [-0.2, 0) is 6.18 Å². The summed E-state index contributed by atoms with van der Waals surface area (Å²) in [6.45, 7) is 7.37. The Morgan fingerprint density at radius 3 is 1.73 bits per heavy atom. The minimum absolute atomic E-state index is 0.161. The smallest absolute Gasteiger partial charge is 0.166 e. The molecule has 0 aliphatic carbocycles. The Labute approximate surface area is 151 Å². The summed E-state index contributed by atoms with van der Waals surface area (Å²) >= 11 is 0. The maximum atomic E-state index is 13.5. The molecule has 2 aromatic carbocycles. The Morgan fingerprint density at radius 1 is 0.654 bits per heavy atom. The highest BCUT2D eigenvalue weighted by atomic mass is 19.4. The third-order valence-electron chi connectivity index (χ3n) is 4.52. The normalized spacial score (nSPS) is 11.7. The van der Waals surface area contributed by atoms with E-state index in [4.69, 9.17) is 0 Å². The summed E-state index contributed by atoms with van der Waals surface area (Å²) in [6.07, 6.45) is -4.40. The highest BCUT2D eigenvalue weighted by molar-refractivity contribution is 5.64. The van der Waals surface area contributed by atoms with Crippen LogP contribution >= 0.6 is 0 Å². The van der Waals surface area contributed by atoms with Crippen LogP contribution in [0.5, 0.6) is 0 Å². The van der Waals surface area contributed by atoms with Crippen LogP contribution in [0.25, 0.3) is 16.8 Å². The molecular weight excluding hydrogens is 335 g/mol. The Balaban J connectivity index is 2.18. The number of nitrogens with zero attached hydrogens (tertiary/aromatic N) is 1. The van der Waals surface area contributed by atoms with Gasteiger partial charge in [-0.05, 0) is 31.0 Å². The molecule has 26 heavy (non-hydrogen) atoms. The van der Waals surface area contributed by atoms with Crippen LogP contribution in [0.4, 0.5) is 13.2 Å². The van der Waals surface area contributed by atoms with Gasteiger partial charge in [0.2, 0.25) is 5.69 Å². The molecule has 0 spiro atoms. The summed E-state index contributed by atoms with van der Waals surface area (Å²) in [5, 5.41) is 0. The van der Waals surface area contributed by atoms with Crippen molar-refractivity contribution in [1.82, 2.24) is 0 Å². The number of hydrogen-bond donors (Lipinski definition) is 0. The van der Waals surface area contributed by atoms with Crippen molar-refractivity contribution in [2.75, 3.05) is 0 Å². The average Bonchev–Trinajstić information content (AvgIpc) is 2.55. The Hall–Kier alpha value is -2.62. The minimum atomic E-state index is -4.40. The van der Waals surface area contributed by atoms with Gasteiger partial charge in [-0.3, -0.25) is 0 Å². The summed E-state index contributed by atoms with van der Waals surface area (Å²) in [6, 6.07) is 16.4. The molecule has 3 aromatic rings. The van der Waals surface area contributed by atoms with Gasteiger partial charge in [-0.25, -0.2) is 0 Å². The molecule has 134 valence electrons. The molecule has 0 saturated carbocycles. The minimum Gasteiger partial charge on any atom is -0.166 e. The quantitative estimate of drug-likeness (QED) is 0.505. The second-order valence-electron chi connectivity index (χ2n) is 6.75. The first-order chi connectivity index (χ1) is 12.2. The van der Waals surface area contributed by atoms with E-state index in [9.17, 15) is 13.2 Å². The number of rotatable bonds is 2. The lowest BCUT2D eigenvalue weighted by Crippen LogP contribution is -2.39. The molecule has 4 heteroatoms. The van der Waals surface area contributed by atoms with Gasteiger partial charge in [0.1, 0.15) is 5.56 Å². The number of aromatic nitrogens is 1. The molecule has 0 saturated heterocycles. The highest BCUT2D eigenvalue weighted by Gasteiger charge is 2.38. The molecule has 0 aliphatic heterocycles. The van der Waals surface area contributed by atoms with Gasteiger partial charge in [-0.2, -0.15) is 17.7 Å². The van der Waals surface area contributed by atoms with Crippen molar-refractivity contribution < 1.29 is 17.7 Å². The first-order valence-electron chi connectivity index (χ1n) is 8.45. The van der Waals surface area contributed by atoms with E-state index in [1.165, 1.54) is 11.6 Å². The number of alkyl halides is 3. The van der Waals surface area contributed by atoms with Crippen LogP contribution in [0.2, 0.25) is 0 Å². The summed E-state index contributed by atoms with van der Waals surface area (Å²) in [5.41, 5.74) is 4.87. The van der Waals surface area contributed by atoms with Gasteiger partial charge in [0, 0.05) is 32.0 Å². The molecule has 1 aromatic heterocycles. The lowest BCUT2D eigenvalue weighted by molar-refractivity contribution is -0.610. The lowest BCUT2D eigenvalue weighted by Gasteiger charge is -2.13. The van der Waals surface area contributed by atoms with Gasteiger partial charge in [0.15, 0.2) is 11.4 Å². The molecule has 0 bridgehead atoms. The van der Waals surface area contributed by atoms with Crippen LogP contribution in [-0.4, -0.2) is 0 Å². The fourth-order valence-corrected chi connectivity index (χ4v) is 3.26. The van der Waals surface area contributed by atoms with Gasteiger partial charge in [-0.15, -0.1) is 0 Å². The average molecular weight is 356 g/mol. The lowest BCUT2D eigenvalue weighted by atomic mass is 10.0. The Kier molecular flexibility index (Phi) is 4.61. The SMILES string of the molecule is Cc1ccc(-c2cc(C)[n+](-c3ccc(C)cc3C(F)(F)F)c(C)c2)cc1. The standard InChI is InChI=1S/C22H21F3N/c1-14-5-8-18(9-6-14)19-12-16(3)26(17(4)13-19)21-10-7-15(2)11-20(21)22(23,24)25/h5-13H,1-4H3/q+1. The van der Waals surface area contributed by atoms with Crippen LogP contribution in [0.15, 0.2) is 54.6 Å². The molecule has 1 heterocycles. The van der Waals surface area contributed by atoms with E-state index in [2.05, 4.69) is 0 Å². The molecule has 1 nitrogen and oxygen atoms in total. The van der Waals surface area contributed by atoms with Crippen molar-refractivity contribution >= 4 is 0 Å². The van der Waals surface area contributed by atoms with Crippen LogP contribution < -0.4 is 4.57 Å². The number of aryl methyl sites for hydroxylation is 4. The van der Waals surface area contributed by atoms with Crippen LogP contribution in [0, 0.1) is 27.7 Å². The number of hydrogen-bond acceptors (Lipinski definition) is 0. The topological polar surface area (TPSA) is 3.88 Å². The van der Waals surface area contributed by atoms with E-state index in [-0.39, 0.29) is 5.69 Å². The van der Waals surface area contributed by atoms with Crippen molar-refractivity contribution in [3.63, 3.8) is 0 Å². The van der Waals surface area contributed by atoms with Gasteiger partial charge < -0.3 is 0 Å². The van der Waals surface area contributed by atoms with Crippen LogP contribution in [0.1, 0.15) is 28.1 Å². The molecule has 0 unspecified atom stereocenters. The zero-order valence-electron chi connectivity index (χ0n) is 15.3. The highest BCUT2D eigenvalue weighted by Crippen LogP contribution is 2.33. The zero-order chi connectivity index (χ0) is 19.1. The van der Waals surface area contributed by atoms with Crippen molar-refractivity contribution in [2.45, 2.75) is 33.9 Å². The summed E-state index contributed by atoms with van der Waals surface area (Å²) in [7, 11) is 0. The van der Waals surface area contributed by atoms with E-state index >= 15 is 0 Å². The summed E-state index contributed by atoms with van der Waals surface area (Å²) in [5.74, 6) is 0. The molecule has 0 fully saturated rings. The maximum Gasteiger partial charge on any atom is 0.422 e. The molecule has 0 amide bonds.